The minimum absolute atomic E-state index is 0.00856. The number of anilines is 1. The fourth-order valence-corrected chi connectivity index (χ4v) is 2.67. The van der Waals surface area contributed by atoms with Gasteiger partial charge in [0.05, 0.1) is 12.7 Å². The predicted octanol–water partition coefficient (Wildman–Crippen LogP) is 3.65. The van der Waals surface area contributed by atoms with Crippen LogP contribution < -0.4 is 15.4 Å². The Morgan fingerprint density at radius 3 is 2.25 bits per heavy atom. The van der Waals surface area contributed by atoms with Gasteiger partial charge in [-0.25, -0.2) is 4.79 Å². The molecule has 7 nitrogen and oxygen atoms in total. The highest BCUT2D eigenvalue weighted by Gasteiger charge is 2.30. The van der Waals surface area contributed by atoms with Crippen molar-refractivity contribution in [3.63, 3.8) is 0 Å². The summed E-state index contributed by atoms with van der Waals surface area (Å²) in [4.78, 5) is 36.1. The first-order chi connectivity index (χ1) is 15.0. The number of benzene rings is 2. The van der Waals surface area contributed by atoms with E-state index in [0.717, 1.165) is 12.1 Å². The molecule has 0 saturated heterocycles. The average molecular weight is 452 g/mol. The molecule has 172 valence electrons. The molecule has 0 aliphatic heterocycles. The molecule has 0 saturated carbocycles. The molecule has 0 spiro atoms. The van der Waals surface area contributed by atoms with Crippen molar-refractivity contribution < 1.29 is 37.0 Å². The van der Waals surface area contributed by atoms with E-state index < -0.39 is 42.2 Å². The van der Waals surface area contributed by atoms with E-state index in [0.29, 0.717) is 0 Å². The summed E-state index contributed by atoms with van der Waals surface area (Å²) in [6, 6.07) is 9.25. The third kappa shape index (κ3) is 7.00. The molecule has 0 heterocycles. The van der Waals surface area contributed by atoms with Crippen molar-refractivity contribution in [1.29, 1.82) is 0 Å². The molecule has 1 unspecified atom stereocenters. The zero-order valence-electron chi connectivity index (χ0n) is 17.7. The van der Waals surface area contributed by atoms with Gasteiger partial charge in [-0.1, -0.05) is 19.9 Å². The monoisotopic (exact) mass is 452 g/mol. The van der Waals surface area contributed by atoms with E-state index in [4.69, 9.17) is 4.74 Å². The Kier molecular flexibility index (Phi) is 8.22. The van der Waals surface area contributed by atoms with Crippen molar-refractivity contribution in [2.75, 3.05) is 19.0 Å². The lowest BCUT2D eigenvalue weighted by Crippen LogP contribution is -2.45. The van der Waals surface area contributed by atoms with E-state index in [1.165, 1.54) is 43.5 Å². The Morgan fingerprint density at radius 2 is 1.69 bits per heavy atom. The maximum Gasteiger partial charge on any atom is 0.416 e. The van der Waals surface area contributed by atoms with Gasteiger partial charge in [0, 0.05) is 11.3 Å². The minimum Gasteiger partial charge on any atom is -0.484 e. The van der Waals surface area contributed by atoms with Crippen LogP contribution in [0.5, 0.6) is 5.75 Å². The summed E-state index contributed by atoms with van der Waals surface area (Å²) in [6.07, 6.45) is -4.52. The Morgan fingerprint density at radius 1 is 1.03 bits per heavy atom. The lowest BCUT2D eigenvalue weighted by atomic mass is 10.0. The molecule has 32 heavy (non-hydrogen) atoms. The van der Waals surface area contributed by atoms with Gasteiger partial charge in [-0.2, -0.15) is 13.2 Å². The van der Waals surface area contributed by atoms with Gasteiger partial charge in [0.25, 0.3) is 11.8 Å². The number of rotatable bonds is 8. The molecule has 2 N–H and O–H groups in total. The topological polar surface area (TPSA) is 93.7 Å². The van der Waals surface area contributed by atoms with Crippen molar-refractivity contribution >= 4 is 23.5 Å². The highest BCUT2D eigenvalue weighted by atomic mass is 19.4. The first kappa shape index (κ1) is 24.7. The van der Waals surface area contributed by atoms with Crippen LogP contribution >= 0.6 is 0 Å². The number of methoxy groups -OCH3 is 1. The van der Waals surface area contributed by atoms with Crippen LogP contribution in [0, 0.1) is 5.92 Å². The Hall–Kier alpha value is -3.56. The molecule has 0 radical (unpaired) electrons. The molecule has 2 amide bonds. The number of halogens is 3. The fraction of sp³-hybridized carbons (Fsp3) is 0.318. The average Bonchev–Trinajstić information content (AvgIpc) is 2.75. The number of carbonyl (C=O) groups excluding carboxylic acids is 3. The molecule has 0 aliphatic carbocycles. The van der Waals surface area contributed by atoms with E-state index >= 15 is 0 Å². The van der Waals surface area contributed by atoms with Crippen LogP contribution in [0.4, 0.5) is 18.9 Å². The first-order valence-corrected chi connectivity index (χ1v) is 9.60. The van der Waals surface area contributed by atoms with Crippen LogP contribution in [0.15, 0.2) is 48.5 Å². The summed E-state index contributed by atoms with van der Waals surface area (Å²) < 4.78 is 48.2. The van der Waals surface area contributed by atoms with Gasteiger partial charge in [0.15, 0.2) is 6.61 Å². The maximum absolute atomic E-state index is 12.7. The lowest BCUT2D eigenvalue weighted by molar-refractivity contribution is -0.144. The Bertz CT molecular complexity index is 959. The number of carbonyl (C=O) groups is 3. The third-order valence-electron chi connectivity index (χ3n) is 4.37. The van der Waals surface area contributed by atoms with Crippen molar-refractivity contribution in [2.24, 2.45) is 5.92 Å². The van der Waals surface area contributed by atoms with Gasteiger partial charge >= 0.3 is 12.1 Å². The predicted molar refractivity (Wildman–Crippen MR) is 110 cm³/mol. The van der Waals surface area contributed by atoms with E-state index in [1.54, 1.807) is 13.8 Å². The maximum atomic E-state index is 12.7. The number of esters is 1. The smallest absolute Gasteiger partial charge is 0.416 e. The normalized spacial score (nSPS) is 12.1. The molecule has 1 atom stereocenters. The van der Waals surface area contributed by atoms with Gasteiger partial charge in [0.1, 0.15) is 11.8 Å². The van der Waals surface area contributed by atoms with E-state index in [-0.39, 0.29) is 22.9 Å². The second kappa shape index (κ2) is 10.7. The number of hydrogen-bond donors (Lipinski definition) is 2. The molecule has 0 bridgehead atoms. The summed E-state index contributed by atoms with van der Waals surface area (Å²) >= 11 is 0. The minimum atomic E-state index is -4.52. The summed E-state index contributed by atoms with van der Waals surface area (Å²) in [5.74, 6) is -1.59. The highest BCUT2D eigenvalue weighted by molar-refractivity contribution is 5.97. The highest BCUT2D eigenvalue weighted by Crippen LogP contribution is 2.30. The molecule has 0 fully saturated rings. The largest absolute Gasteiger partial charge is 0.484 e. The van der Waals surface area contributed by atoms with Gasteiger partial charge in [0.2, 0.25) is 0 Å². The SMILES string of the molecule is COC(=O)C(NC(=O)c1ccc(OCC(=O)Nc2cccc(C(F)(F)F)c2)cc1)C(C)C. The molecule has 2 rings (SSSR count). The Balaban J connectivity index is 1.92. The molecule has 10 heteroatoms. The lowest BCUT2D eigenvalue weighted by Gasteiger charge is -2.19. The van der Waals surface area contributed by atoms with Crippen LogP contribution in [0.25, 0.3) is 0 Å². The molecular weight excluding hydrogens is 429 g/mol. The van der Waals surface area contributed by atoms with E-state index in [9.17, 15) is 27.6 Å². The van der Waals surface area contributed by atoms with Gasteiger partial charge in [-0.3, -0.25) is 9.59 Å². The van der Waals surface area contributed by atoms with E-state index in [1.807, 2.05) is 0 Å². The number of alkyl halides is 3. The molecule has 2 aromatic carbocycles. The number of hydrogen-bond acceptors (Lipinski definition) is 5. The van der Waals surface area contributed by atoms with E-state index in [2.05, 4.69) is 15.4 Å². The summed E-state index contributed by atoms with van der Waals surface area (Å²) in [5.41, 5.74) is -0.622. The zero-order chi connectivity index (χ0) is 23.9. The van der Waals surface area contributed by atoms with Crippen molar-refractivity contribution in [2.45, 2.75) is 26.1 Å². The number of ether oxygens (including phenoxy) is 2. The fourth-order valence-electron chi connectivity index (χ4n) is 2.67. The van der Waals surface area contributed by atoms with Crippen LogP contribution in [0.1, 0.15) is 29.8 Å². The summed E-state index contributed by atoms with van der Waals surface area (Å²) in [5, 5.41) is 4.93. The van der Waals surface area contributed by atoms with Crippen LogP contribution in [-0.4, -0.2) is 37.5 Å². The second-order valence-corrected chi connectivity index (χ2v) is 7.16. The molecular formula is C22H23F3N2O5. The van der Waals surface area contributed by atoms with Gasteiger partial charge in [-0.05, 0) is 48.4 Å². The van der Waals surface area contributed by atoms with Crippen molar-refractivity contribution in [1.82, 2.24) is 5.32 Å². The van der Waals surface area contributed by atoms with Crippen LogP contribution in [0.3, 0.4) is 0 Å². The third-order valence-corrected chi connectivity index (χ3v) is 4.37. The molecule has 0 aliphatic rings. The number of amides is 2. The first-order valence-electron chi connectivity index (χ1n) is 9.60. The van der Waals surface area contributed by atoms with Gasteiger partial charge in [-0.15, -0.1) is 0 Å². The summed E-state index contributed by atoms with van der Waals surface area (Å²) in [7, 11) is 1.24. The second-order valence-electron chi connectivity index (χ2n) is 7.16. The van der Waals surface area contributed by atoms with Crippen LogP contribution in [-0.2, 0) is 20.5 Å². The van der Waals surface area contributed by atoms with Crippen molar-refractivity contribution in [3.05, 3.63) is 59.7 Å². The quantitative estimate of drug-likeness (QED) is 0.597. The van der Waals surface area contributed by atoms with Gasteiger partial charge < -0.3 is 20.1 Å². The Labute approximate surface area is 182 Å². The van der Waals surface area contributed by atoms with Crippen molar-refractivity contribution in [3.8, 4) is 5.75 Å². The standard InChI is InChI=1S/C22H23F3N2O5/c1-13(2)19(21(30)31-3)27-20(29)14-7-9-17(10-8-14)32-12-18(28)26-16-6-4-5-15(11-16)22(23,24)25/h4-11,13,19H,12H2,1-3H3,(H,26,28)(H,27,29). The molecule has 0 aromatic heterocycles. The van der Waals surface area contributed by atoms with Crippen LogP contribution in [0.2, 0.25) is 0 Å². The molecule has 2 aromatic rings. The zero-order valence-corrected chi connectivity index (χ0v) is 17.7. The number of nitrogens with one attached hydrogen (secondary N) is 2. The summed E-state index contributed by atoms with van der Waals surface area (Å²) in [6.45, 7) is 3.09.